The molecule has 0 aliphatic carbocycles. The Morgan fingerprint density at radius 2 is 1.13 bits per heavy atom. The van der Waals surface area contributed by atoms with Gasteiger partial charge in [0.05, 0.1) is 0 Å². The van der Waals surface area contributed by atoms with Crippen LogP contribution in [0.25, 0.3) is 24.3 Å². The molecule has 3 aromatic rings. The molecule has 0 N–H and O–H groups in total. The zero-order valence-corrected chi connectivity index (χ0v) is 22.6. The number of aromatic nitrogens is 1. The Balaban J connectivity index is 1.33. The number of ether oxygens (including phenoxy) is 2. The zero-order valence-electron chi connectivity index (χ0n) is 22.6. The van der Waals surface area contributed by atoms with Crippen LogP contribution in [-0.2, 0) is 16.0 Å². The van der Waals surface area contributed by atoms with Gasteiger partial charge in [-0.25, -0.2) is 0 Å². The van der Waals surface area contributed by atoms with E-state index in [9.17, 15) is 0 Å². The molecule has 2 aromatic carbocycles. The van der Waals surface area contributed by atoms with Crippen molar-refractivity contribution >= 4 is 35.7 Å². The van der Waals surface area contributed by atoms with Gasteiger partial charge in [0.2, 0.25) is 11.4 Å². The van der Waals surface area contributed by atoms with E-state index in [-0.39, 0.29) is 0 Å². The van der Waals surface area contributed by atoms with Crippen LogP contribution in [0.1, 0.15) is 48.2 Å². The quantitative estimate of drug-likeness (QED) is 0.176. The first kappa shape index (κ1) is 26.2. The summed E-state index contributed by atoms with van der Waals surface area (Å²) >= 11 is 0. The fourth-order valence-corrected chi connectivity index (χ4v) is 5.33. The summed E-state index contributed by atoms with van der Waals surface area (Å²) in [6.45, 7) is 6.31. The van der Waals surface area contributed by atoms with Gasteiger partial charge in [0.1, 0.15) is 13.4 Å². The van der Waals surface area contributed by atoms with Crippen LogP contribution in [0.15, 0.2) is 66.7 Å². The fraction of sp³-hybridized carbons (Fsp3) is 0.364. The molecule has 5 nitrogen and oxygen atoms in total. The summed E-state index contributed by atoms with van der Waals surface area (Å²) in [5.41, 5.74) is 7.34. The highest BCUT2D eigenvalue weighted by molar-refractivity contribution is 5.70. The molecule has 38 heavy (non-hydrogen) atoms. The molecule has 5 rings (SSSR count). The largest absolute Gasteiger partial charge is 0.372 e. The van der Waals surface area contributed by atoms with Gasteiger partial charge in [-0.1, -0.05) is 24.3 Å². The minimum Gasteiger partial charge on any atom is -0.372 e. The number of pyridine rings is 1. The molecule has 0 radical (unpaired) electrons. The maximum atomic E-state index is 5.65. The van der Waals surface area contributed by atoms with E-state index >= 15 is 0 Å². The minimum atomic E-state index is 0.302. The molecule has 0 atom stereocenters. The first-order chi connectivity index (χ1) is 18.8. The second kappa shape index (κ2) is 13.4. The number of hydrogen-bond donors (Lipinski definition) is 0. The highest BCUT2D eigenvalue weighted by Crippen LogP contribution is 2.22. The van der Waals surface area contributed by atoms with Crippen molar-refractivity contribution in [3.05, 3.63) is 89.2 Å². The molecule has 0 amide bonds. The Labute approximate surface area is 227 Å². The number of benzene rings is 2. The monoisotopic (exact) mass is 510 g/mol. The van der Waals surface area contributed by atoms with E-state index in [1.165, 1.54) is 74.4 Å². The highest BCUT2D eigenvalue weighted by Gasteiger charge is 2.15. The van der Waals surface area contributed by atoms with Crippen molar-refractivity contribution in [2.45, 2.75) is 32.2 Å². The Morgan fingerprint density at radius 1 is 0.658 bits per heavy atom. The number of nitrogens with zero attached hydrogens (tertiary/aromatic N) is 3. The van der Waals surface area contributed by atoms with Gasteiger partial charge in [-0.3, -0.25) is 0 Å². The molecule has 2 saturated heterocycles. The van der Waals surface area contributed by atoms with Crippen molar-refractivity contribution < 1.29 is 14.0 Å². The first-order valence-electron chi connectivity index (χ1n) is 14.0. The molecule has 2 aliphatic rings. The number of methoxy groups -OCH3 is 1. The summed E-state index contributed by atoms with van der Waals surface area (Å²) in [4.78, 5) is 4.94. The van der Waals surface area contributed by atoms with Crippen LogP contribution in [0.2, 0.25) is 0 Å². The molecule has 0 saturated carbocycles. The normalized spacial score (nSPS) is 15.9. The molecule has 0 bridgehead atoms. The Morgan fingerprint density at radius 3 is 1.58 bits per heavy atom. The lowest BCUT2D eigenvalue weighted by Gasteiger charge is -2.17. The van der Waals surface area contributed by atoms with Crippen LogP contribution in [-0.4, -0.2) is 46.7 Å². The van der Waals surface area contributed by atoms with Crippen molar-refractivity contribution in [2.24, 2.45) is 0 Å². The summed E-state index contributed by atoms with van der Waals surface area (Å²) in [6.07, 6.45) is 14.0. The summed E-state index contributed by atoms with van der Waals surface area (Å²) in [5, 5.41) is 0. The van der Waals surface area contributed by atoms with Gasteiger partial charge in [0.15, 0.2) is 6.54 Å². The van der Waals surface area contributed by atoms with E-state index < -0.39 is 0 Å². The summed E-state index contributed by atoms with van der Waals surface area (Å²) < 4.78 is 13.0. The van der Waals surface area contributed by atoms with Crippen molar-refractivity contribution in [3.63, 3.8) is 0 Å². The van der Waals surface area contributed by atoms with Gasteiger partial charge in [-0.2, -0.15) is 4.57 Å². The second-order valence-electron chi connectivity index (χ2n) is 10.1. The van der Waals surface area contributed by atoms with Gasteiger partial charge >= 0.3 is 0 Å². The molecule has 0 unspecified atom stereocenters. The predicted octanol–water partition coefficient (Wildman–Crippen LogP) is 6.14. The number of hydrogen-bond acceptors (Lipinski definition) is 4. The predicted molar refractivity (Wildman–Crippen MR) is 158 cm³/mol. The fourth-order valence-electron chi connectivity index (χ4n) is 5.33. The maximum Gasteiger partial charge on any atom is 0.205 e. The van der Waals surface area contributed by atoms with Crippen LogP contribution in [0, 0.1) is 0 Å². The van der Waals surface area contributed by atoms with E-state index in [0.29, 0.717) is 13.4 Å². The van der Waals surface area contributed by atoms with E-state index in [4.69, 9.17) is 9.47 Å². The van der Waals surface area contributed by atoms with Crippen LogP contribution in [0.4, 0.5) is 11.4 Å². The summed E-state index contributed by atoms with van der Waals surface area (Å²) in [7, 11) is 1.65. The Bertz CT molecular complexity index is 1120. The Hall–Kier alpha value is -3.41. The van der Waals surface area contributed by atoms with Crippen LogP contribution >= 0.6 is 0 Å². The van der Waals surface area contributed by atoms with Crippen molar-refractivity contribution in [2.75, 3.05) is 56.5 Å². The number of anilines is 2. The molecule has 2 fully saturated rings. The third kappa shape index (κ3) is 6.91. The van der Waals surface area contributed by atoms with E-state index in [0.717, 1.165) is 17.9 Å². The Kier molecular flexibility index (Phi) is 9.24. The molecular formula is C33H40N3O2+. The number of rotatable bonds is 11. The SMILES string of the molecule is COCOCC[n+]1c(/C=C/c2ccc(N3CCCC3)cc2)cccc1/C=C/c1ccc(N2CCCC2)cc1. The molecule has 1 aromatic heterocycles. The minimum absolute atomic E-state index is 0.302. The summed E-state index contributed by atoms with van der Waals surface area (Å²) in [5.74, 6) is 0. The van der Waals surface area contributed by atoms with Gasteiger partial charge in [0, 0.05) is 68.9 Å². The lowest BCUT2D eigenvalue weighted by Crippen LogP contribution is -2.42. The molecular weight excluding hydrogens is 470 g/mol. The lowest BCUT2D eigenvalue weighted by molar-refractivity contribution is -0.701. The van der Waals surface area contributed by atoms with Crippen molar-refractivity contribution in [3.8, 4) is 0 Å². The average molecular weight is 511 g/mol. The van der Waals surface area contributed by atoms with Crippen molar-refractivity contribution in [1.29, 1.82) is 0 Å². The van der Waals surface area contributed by atoms with E-state index in [1.54, 1.807) is 7.11 Å². The van der Waals surface area contributed by atoms with Crippen LogP contribution in [0.5, 0.6) is 0 Å². The van der Waals surface area contributed by atoms with E-state index in [1.807, 2.05) is 0 Å². The third-order valence-electron chi connectivity index (χ3n) is 7.44. The highest BCUT2D eigenvalue weighted by atomic mass is 16.7. The first-order valence-corrected chi connectivity index (χ1v) is 14.0. The molecule has 3 heterocycles. The smallest absolute Gasteiger partial charge is 0.205 e. The van der Waals surface area contributed by atoms with Gasteiger partial charge in [-0.05, 0) is 79.3 Å². The topological polar surface area (TPSA) is 28.8 Å². The lowest BCUT2D eigenvalue weighted by atomic mass is 10.1. The second-order valence-corrected chi connectivity index (χ2v) is 10.1. The van der Waals surface area contributed by atoms with Gasteiger partial charge in [-0.15, -0.1) is 0 Å². The van der Waals surface area contributed by atoms with Crippen LogP contribution in [0.3, 0.4) is 0 Å². The van der Waals surface area contributed by atoms with Crippen LogP contribution < -0.4 is 14.4 Å². The molecule has 2 aliphatic heterocycles. The summed E-state index contributed by atoms with van der Waals surface area (Å²) in [6, 6.07) is 24.3. The van der Waals surface area contributed by atoms with Crippen molar-refractivity contribution in [1.82, 2.24) is 0 Å². The third-order valence-corrected chi connectivity index (χ3v) is 7.44. The van der Waals surface area contributed by atoms with E-state index in [2.05, 4.69) is 105 Å². The zero-order chi connectivity index (χ0) is 26.0. The molecule has 5 heteroatoms. The average Bonchev–Trinajstić information content (AvgIpc) is 3.70. The molecule has 0 spiro atoms. The standard InChI is InChI=1S/C33H40N3O2/c1-37-27-38-26-25-36-32(19-13-28-9-15-30(16-10-28)34-21-2-3-22-34)7-6-8-33(36)20-14-29-11-17-31(18-12-29)35-23-4-5-24-35/h6-20H,2-5,21-27H2,1H3/q+1. The van der Waals surface area contributed by atoms with Gasteiger partial charge < -0.3 is 19.3 Å². The van der Waals surface area contributed by atoms with Gasteiger partial charge in [0.25, 0.3) is 0 Å². The molecule has 198 valence electrons. The maximum absolute atomic E-state index is 5.65.